The molecular formula is C18H22O. The first kappa shape index (κ1) is 13.8. The monoisotopic (exact) mass is 254 g/mol. The zero-order valence-electron chi connectivity index (χ0n) is 11.5. The van der Waals surface area contributed by atoms with Crippen molar-refractivity contribution in [3.63, 3.8) is 0 Å². The third kappa shape index (κ3) is 4.88. The van der Waals surface area contributed by atoms with Gasteiger partial charge >= 0.3 is 0 Å². The summed E-state index contributed by atoms with van der Waals surface area (Å²) in [5, 5.41) is 10.0. The molecule has 0 heterocycles. The van der Waals surface area contributed by atoms with Gasteiger partial charge in [-0.15, -0.1) is 0 Å². The van der Waals surface area contributed by atoms with Gasteiger partial charge in [0, 0.05) is 0 Å². The van der Waals surface area contributed by atoms with E-state index in [1.807, 2.05) is 18.2 Å². The van der Waals surface area contributed by atoms with Gasteiger partial charge in [0.1, 0.15) is 0 Å². The lowest BCUT2D eigenvalue weighted by atomic mass is 10.0. The van der Waals surface area contributed by atoms with E-state index in [4.69, 9.17) is 0 Å². The highest BCUT2D eigenvalue weighted by molar-refractivity contribution is 5.21. The van der Waals surface area contributed by atoms with Crippen LogP contribution in [-0.2, 0) is 12.8 Å². The average Bonchev–Trinajstić information content (AvgIpc) is 2.45. The number of rotatable bonds is 6. The average molecular weight is 254 g/mol. The predicted molar refractivity (Wildman–Crippen MR) is 80.3 cm³/mol. The van der Waals surface area contributed by atoms with Gasteiger partial charge in [-0.1, -0.05) is 60.2 Å². The Morgan fingerprint density at radius 3 is 1.89 bits per heavy atom. The summed E-state index contributed by atoms with van der Waals surface area (Å²) in [5.74, 6) is 0. The fraction of sp³-hybridized carbons (Fsp3) is 0.333. The van der Waals surface area contributed by atoms with Crippen LogP contribution in [-0.4, -0.2) is 11.2 Å². The largest absolute Gasteiger partial charge is 0.393 e. The lowest BCUT2D eigenvalue weighted by Gasteiger charge is -2.10. The van der Waals surface area contributed by atoms with Gasteiger partial charge in [0.2, 0.25) is 0 Å². The number of aryl methyl sites for hydroxylation is 3. The summed E-state index contributed by atoms with van der Waals surface area (Å²) in [6.45, 7) is 2.10. The van der Waals surface area contributed by atoms with Crippen molar-refractivity contribution in [1.29, 1.82) is 0 Å². The highest BCUT2D eigenvalue weighted by atomic mass is 16.3. The van der Waals surface area contributed by atoms with E-state index in [0.717, 1.165) is 25.7 Å². The zero-order valence-corrected chi connectivity index (χ0v) is 11.5. The molecule has 0 amide bonds. The molecule has 2 aromatic rings. The van der Waals surface area contributed by atoms with Crippen LogP contribution in [0.15, 0.2) is 54.6 Å². The Morgan fingerprint density at radius 1 is 0.789 bits per heavy atom. The van der Waals surface area contributed by atoms with Gasteiger partial charge in [-0.05, 0) is 43.7 Å². The normalized spacial score (nSPS) is 12.3. The van der Waals surface area contributed by atoms with Crippen LogP contribution in [0.4, 0.5) is 0 Å². The fourth-order valence-corrected chi connectivity index (χ4v) is 2.21. The minimum Gasteiger partial charge on any atom is -0.393 e. The maximum absolute atomic E-state index is 10.0. The van der Waals surface area contributed by atoms with E-state index in [0.29, 0.717) is 0 Å². The summed E-state index contributed by atoms with van der Waals surface area (Å²) < 4.78 is 0. The molecule has 0 spiro atoms. The van der Waals surface area contributed by atoms with Crippen LogP contribution < -0.4 is 0 Å². The summed E-state index contributed by atoms with van der Waals surface area (Å²) >= 11 is 0. The number of hydrogen-bond donors (Lipinski definition) is 1. The predicted octanol–water partition coefficient (Wildman–Crippen LogP) is 3.92. The molecule has 1 atom stereocenters. The molecule has 0 saturated heterocycles. The van der Waals surface area contributed by atoms with E-state index in [-0.39, 0.29) is 6.10 Å². The topological polar surface area (TPSA) is 20.2 Å². The minimum atomic E-state index is -0.207. The molecule has 100 valence electrons. The SMILES string of the molecule is Cc1ccc(CCC(O)CCc2ccccc2)cc1. The van der Waals surface area contributed by atoms with Gasteiger partial charge in [-0.2, -0.15) is 0 Å². The Kier molecular flexibility index (Phi) is 5.17. The second kappa shape index (κ2) is 7.10. The van der Waals surface area contributed by atoms with Crippen molar-refractivity contribution in [3.05, 3.63) is 71.3 Å². The molecule has 0 aromatic heterocycles. The highest BCUT2D eigenvalue weighted by Gasteiger charge is 2.05. The van der Waals surface area contributed by atoms with Gasteiger partial charge in [0.05, 0.1) is 6.10 Å². The number of hydrogen-bond acceptors (Lipinski definition) is 1. The molecule has 0 aliphatic heterocycles. The molecule has 1 unspecified atom stereocenters. The van der Waals surface area contributed by atoms with Crippen LogP contribution in [0.25, 0.3) is 0 Å². The Balaban J connectivity index is 1.72. The molecule has 0 fully saturated rings. The molecule has 2 aromatic carbocycles. The molecule has 1 heteroatoms. The third-order valence-corrected chi connectivity index (χ3v) is 3.50. The molecule has 0 saturated carbocycles. The Morgan fingerprint density at radius 2 is 1.32 bits per heavy atom. The Hall–Kier alpha value is -1.60. The smallest absolute Gasteiger partial charge is 0.0546 e. The van der Waals surface area contributed by atoms with E-state index in [1.54, 1.807) is 0 Å². The first-order chi connectivity index (χ1) is 9.24. The molecule has 0 aliphatic carbocycles. The summed E-state index contributed by atoms with van der Waals surface area (Å²) in [6.07, 6.45) is 3.39. The third-order valence-electron chi connectivity index (χ3n) is 3.50. The zero-order chi connectivity index (χ0) is 13.5. The van der Waals surface area contributed by atoms with Crippen molar-refractivity contribution in [3.8, 4) is 0 Å². The quantitative estimate of drug-likeness (QED) is 0.828. The van der Waals surface area contributed by atoms with Crippen LogP contribution in [0, 0.1) is 6.92 Å². The van der Waals surface area contributed by atoms with Crippen LogP contribution in [0.2, 0.25) is 0 Å². The first-order valence-corrected chi connectivity index (χ1v) is 7.01. The van der Waals surface area contributed by atoms with Gasteiger partial charge in [-0.25, -0.2) is 0 Å². The van der Waals surface area contributed by atoms with Crippen molar-refractivity contribution in [1.82, 2.24) is 0 Å². The highest BCUT2D eigenvalue weighted by Crippen LogP contribution is 2.11. The summed E-state index contributed by atoms with van der Waals surface area (Å²) in [4.78, 5) is 0. The number of aliphatic hydroxyl groups excluding tert-OH is 1. The lowest BCUT2D eigenvalue weighted by molar-refractivity contribution is 0.155. The first-order valence-electron chi connectivity index (χ1n) is 7.01. The van der Waals surface area contributed by atoms with Gasteiger partial charge in [0.25, 0.3) is 0 Å². The molecule has 0 bridgehead atoms. The molecular weight excluding hydrogens is 232 g/mol. The number of aliphatic hydroxyl groups is 1. The van der Waals surface area contributed by atoms with Crippen molar-refractivity contribution < 1.29 is 5.11 Å². The molecule has 2 rings (SSSR count). The minimum absolute atomic E-state index is 0.207. The van der Waals surface area contributed by atoms with Crippen LogP contribution in [0.5, 0.6) is 0 Å². The second-order valence-corrected chi connectivity index (χ2v) is 5.20. The van der Waals surface area contributed by atoms with Crippen molar-refractivity contribution in [2.45, 2.75) is 38.7 Å². The molecule has 0 aliphatic rings. The molecule has 1 N–H and O–H groups in total. The van der Waals surface area contributed by atoms with Crippen molar-refractivity contribution in [2.75, 3.05) is 0 Å². The van der Waals surface area contributed by atoms with Crippen LogP contribution >= 0.6 is 0 Å². The molecule has 0 radical (unpaired) electrons. The molecule has 19 heavy (non-hydrogen) atoms. The molecule has 1 nitrogen and oxygen atoms in total. The van der Waals surface area contributed by atoms with E-state index in [1.165, 1.54) is 16.7 Å². The summed E-state index contributed by atoms with van der Waals surface area (Å²) in [6, 6.07) is 18.9. The standard InChI is InChI=1S/C18H22O/c1-15-7-9-17(10-8-15)12-14-18(19)13-11-16-5-3-2-4-6-16/h2-10,18-19H,11-14H2,1H3. The Labute approximate surface area is 115 Å². The number of benzene rings is 2. The van der Waals surface area contributed by atoms with Gasteiger partial charge < -0.3 is 5.11 Å². The van der Waals surface area contributed by atoms with Gasteiger partial charge in [-0.3, -0.25) is 0 Å². The maximum atomic E-state index is 10.0. The fourth-order valence-electron chi connectivity index (χ4n) is 2.21. The van der Waals surface area contributed by atoms with E-state index >= 15 is 0 Å². The Bertz CT molecular complexity index is 473. The van der Waals surface area contributed by atoms with Crippen LogP contribution in [0.1, 0.15) is 29.5 Å². The van der Waals surface area contributed by atoms with E-state index in [9.17, 15) is 5.11 Å². The van der Waals surface area contributed by atoms with Crippen molar-refractivity contribution in [2.24, 2.45) is 0 Å². The summed E-state index contributed by atoms with van der Waals surface area (Å²) in [7, 11) is 0. The second-order valence-electron chi connectivity index (χ2n) is 5.20. The van der Waals surface area contributed by atoms with E-state index < -0.39 is 0 Å². The van der Waals surface area contributed by atoms with Crippen LogP contribution in [0.3, 0.4) is 0 Å². The summed E-state index contributed by atoms with van der Waals surface area (Å²) in [5.41, 5.74) is 3.90. The van der Waals surface area contributed by atoms with E-state index in [2.05, 4.69) is 43.3 Å². The van der Waals surface area contributed by atoms with Crippen molar-refractivity contribution >= 4 is 0 Å². The maximum Gasteiger partial charge on any atom is 0.0546 e. The van der Waals surface area contributed by atoms with Gasteiger partial charge in [0.15, 0.2) is 0 Å². The lowest BCUT2D eigenvalue weighted by Crippen LogP contribution is -2.09.